The average molecular weight is 433 g/mol. The number of hydrogen-bond donors (Lipinski definition) is 2. The van der Waals surface area contributed by atoms with Crippen LogP contribution in [-0.4, -0.2) is 29.4 Å². The van der Waals surface area contributed by atoms with E-state index in [0.29, 0.717) is 31.8 Å². The number of aromatic nitrogens is 1. The van der Waals surface area contributed by atoms with Gasteiger partial charge >= 0.3 is 6.09 Å². The molecule has 0 atom stereocenters. The summed E-state index contributed by atoms with van der Waals surface area (Å²) in [6, 6.07) is 4.02. The lowest BCUT2D eigenvalue weighted by atomic mass is 9.78. The zero-order valence-corrected chi connectivity index (χ0v) is 19.5. The van der Waals surface area contributed by atoms with E-state index in [1.54, 1.807) is 0 Å². The third-order valence-electron chi connectivity index (χ3n) is 5.51. The number of rotatable bonds is 3. The largest absolute Gasteiger partial charge is 0.507 e. The number of phenols is 1. The standard InChI is InChI=1S/C23H32N2O4S/c1-21(2,3)15-11-14(12-16(18(15)26)22(4,5)6)17-13-30-19(25-17)23(29-20(24)27)7-9-28-10-8-23/h11-13,26H,7-10H2,1-6H3,(H2,24,27). The Kier molecular flexibility index (Phi) is 5.91. The molecule has 3 N–H and O–H groups in total. The highest BCUT2D eigenvalue weighted by molar-refractivity contribution is 7.10. The fraction of sp³-hybridized carbons (Fsp3) is 0.565. The summed E-state index contributed by atoms with van der Waals surface area (Å²) in [4.78, 5) is 16.4. The third-order valence-corrected chi connectivity index (χ3v) is 6.54. The van der Waals surface area contributed by atoms with Crippen molar-refractivity contribution in [3.05, 3.63) is 33.6 Å². The number of nitrogens with two attached hydrogens (primary N) is 1. The minimum absolute atomic E-state index is 0.226. The van der Waals surface area contributed by atoms with E-state index < -0.39 is 11.7 Å². The van der Waals surface area contributed by atoms with Crippen LogP contribution in [-0.2, 0) is 25.9 Å². The second kappa shape index (κ2) is 7.85. The Bertz CT molecular complexity index is 896. The molecule has 0 spiro atoms. The highest BCUT2D eigenvalue weighted by Gasteiger charge is 2.41. The van der Waals surface area contributed by atoms with Crippen molar-refractivity contribution in [3.8, 4) is 17.0 Å². The molecule has 1 saturated heterocycles. The Hall–Kier alpha value is -2.12. The van der Waals surface area contributed by atoms with Gasteiger partial charge in [0.25, 0.3) is 0 Å². The lowest BCUT2D eigenvalue weighted by Gasteiger charge is -2.34. The van der Waals surface area contributed by atoms with Crippen LogP contribution in [0, 0.1) is 0 Å². The number of carbonyl (C=O) groups is 1. The molecular weight excluding hydrogens is 400 g/mol. The molecule has 3 rings (SSSR count). The van der Waals surface area contributed by atoms with Crippen LogP contribution < -0.4 is 5.73 Å². The zero-order chi connectivity index (χ0) is 22.3. The summed E-state index contributed by atoms with van der Waals surface area (Å²) in [6.45, 7) is 13.5. The highest BCUT2D eigenvalue weighted by Crippen LogP contribution is 2.44. The van der Waals surface area contributed by atoms with E-state index in [1.165, 1.54) is 11.3 Å². The van der Waals surface area contributed by atoms with Crippen LogP contribution in [0.4, 0.5) is 4.79 Å². The number of aromatic hydroxyl groups is 1. The Labute approximate surface area is 182 Å². The monoisotopic (exact) mass is 432 g/mol. The van der Waals surface area contributed by atoms with E-state index in [0.717, 1.165) is 27.4 Å². The molecule has 1 aromatic heterocycles. The van der Waals surface area contributed by atoms with Crippen LogP contribution in [0.3, 0.4) is 0 Å². The van der Waals surface area contributed by atoms with Crippen LogP contribution in [0.2, 0.25) is 0 Å². The molecule has 6 nitrogen and oxygen atoms in total. The maximum absolute atomic E-state index is 11.6. The minimum atomic E-state index is -0.844. The molecule has 0 unspecified atom stereocenters. The number of amides is 1. The van der Waals surface area contributed by atoms with Crippen LogP contribution in [0.5, 0.6) is 5.75 Å². The van der Waals surface area contributed by atoms with E-state index in [2.05, 4.69) is 41.5 Å². The van der Waals surface area contributed by atoms with Crippen molar-refractivity contribution in [2.24, 2.45) is 5.73 Å². The maximum atomic E-state index is 11.6. The fourth-order valence-electron chi connectivity index (χ4n) is 3.79. The Morgan fingerprint density at radius 1 is 1.13 bits per heavy atom. The summed E-state index contributed by atoms with van der Waals surface area (Å²) in [6.07, 6.45) is 0.251. The van der Waals surface area contributed by atoms with Crippen molar-refractivity contribution in [3.63, 3.8) is 0 Å². The van der Waals surface area contributed by atoms with Crippen LogP contribution in [0.1, 0.15) is 70.5 Å². The molecule has 30 heavy (non-hydrogen) atoms. The van der Waals surface area contributed by atoms with E-state index in [1.807, 2.05) is 17.5 Å². The number of primary amides is 1. The van der Waals surface area contributed by atoms with Crippen molar-refractivity contribution in [2.45, 2.75) is 70.8 Å². The van der Waals surface area contributed by atoms with E-state index in [4.69, 9.17) is 20.2 Å². The molecule has 1 aliphatic rings. The Morgan fingerprint density at radius 2 is 1.67 bits per heavy atom. The first-order valence-corrected chi connectivity index (χ1v) is 11.1. The van der Waals surface area contributed by atoms with Crippen LogP contribution in [0.15, 0.2) is 17.5 Å². The second-order valence-corrected chi connectivity index (χ2v) is 10.8. The van der Waals surface area contributed by atoms with Gasteiger partial charge in [-0.05, 0) is 23.0 Å². The van der Waals surface area contributed by atoms with Crippen molar-refractivity contribution in [1.29, 1.82) is 0 Å². The number of nitrogens with zero attached hydrogens (tertiary/aromatic N) is 1. The molecule has 1 aromatic carbocycles. The van der Waals surface area contributed by atoms with Gasteiger partial charge in [0.05, 0.1) is 18.9 Å². The van der Waals surface area contributed by atoms with Crippen molar-refractivity contribution >= 4 is 17.4 Å². The minimum Gasteiger partial charge on any atom is -0.507 e. The van der Waals surface area contributed by atoms with E-state index in [-0.39, 0.29) is 10.8 Å². The van der Waals surface area contributed by atoms with Gasteiger partial charge in [0, 0.05) is 34.9 Å². The normalized spacial score (nSPS) is 17.0. The molecule has 0 aliphatic carbocycles. The Morgan fingerprint density at radius 3 is 2.13 bits per heavy atom. The van der Waals surface area contributed by atoms with Gasteiger partial charge in [-0.3, -0.25) is 0 Å². The fourth-order valence-corrected chi connectivity index (χ4v) is 4.82. The third kappa shape index (κ3) is 4.47. The van der Waals surface area contributed by atoms with Gasteiger partial charge in [-0.25, -0.2) is 9.78 Å². The summed E-state index contributed by atoms with van der Waals surface area (Å²) >= 11 is 1.46. The molecule has 164 valence electrons. The van der Waals surface area contributed by atoms with Gasteiger partial charge < -0.3 is 20.3 Å². The van der Waals surface area contributed by atoms with Crippen molar-refractivity contribution in [1.82, 2.24) is 4.98 Å². The predicted octanol–water partition coefficient (Wildman–Crippen LogP) is 5.21. The molecule has 1 fully saturated rings. The molecule has 1 amide bonds. The van der Waals surface area contributed by atoms with Crippen LogP contribution in [0.25, 0.3) is 11.3 Å². The van der Waals surface area contributed by atoms with Gasteiger partial charge in [0.15, 0.2) is 5.60 Å². The first-order valence-electron chi connectivity index (χ1n) is 10.2. The summed E-state index contributed by atoms with van der Waals surface area (Å²) in [5.74, 6) is 0.340. The summed E-state index contributed by atoms with van der Waals surface area (Å²) in [7, 11) is 0. The number of ether oxygens (including phenoxy) is 2. The lowest BCUT2D eigenvalue weighted by Crippen LogP contribution is -2.39. The molecule has 0 bridgehead atoms. The van der Waals surface area contributed by atoms with Gasteiger partial charge in [-0.1, -0.05) is 41.5 Å². The number of benzene rings is 1. The zero-order valence-electron chi connectivity index (χ0n) is 18.7. The lowest BCUT2D eigenvalue weighted by molar-refractivity contribution is -0.0728. The molecule has 0 saturated carbocycles. The molecular formula is C23H32N2O4S. The summed E-state index contributed by atoms with van der Waals surface area (Å²) in [5.41, 5.74) is 7.57. The van der Waals surface area contributed by atoms with Gasteiger partial charge in [0.1, 0.15) is 10.8 Å². The van der Waals surface area contributed by atoms with Gasteiger partial charge in [-0.2, -0.15) is 0 Å². The number of hydrogen-bond acceptors (Lipinski definition) is 6. The van der Waals surface area contributed by atoms with E-state index in [9.17, 15) is 9.90 Å². The van der Waals surface area contributed by atoms with E-state index >= 15 is 0 Å². The van der Waals surface area contributed by atoms with Crippen molar-refractivity contribution in [2.75, 3.05) is 13.2 Å². The first-order chi connectivity index (χ1) is 13.8. The van der Waals surface area contributed by atoms with Crippen molar-refractivity contribution < 1.29 is 19.4 Å². The predicted molar refractivity (Wildman–Crippen MR) is 119 cm³/mol. The van der Waals surface area contributed by atoms with Crippen LogP contribution >= 0.6 is 11.3 Å². The molecule has 2 aromatic rings. The summed E-state index contributed by atoms with van der Waals surface area (Å²) < 4.78 is 11.0. The summed E-state index contributed by atoms with van der Waals surface area (Å²) in [5, 5.41) is 13.7. The molecule has 2 heterocycles. The molecule has 0 radical (unpaired) electrons. The smallest absolute Gasteiger partial charge is 0.405 e. The first kappa shape index (κ1) is 22.6. The number of carbonyl (C=O) groups excluding carboxylic acids is 1. The maximum Gasteiger partial charge on any atom is 0.405 e. The highest BCUT2D eigenvalue weighted by atomic mass is 32.1. The van der Waals surface area contributed by atoms with Gasteiger partial charge in [0.2, 0.25) is 0 Å². The van der Waals surface area contributed by atoms with Gasteiger partial charge in [-0.15, -0.1) is 11.3 Å². The molecule has 1 aliphatic heterocycles. The SMILES string of the molecule is CC(C)(C)c1cc(-c2csc(C3(OC(N)=O)CCOCC3)n2)cc(C(C)(C)C)c1O. The quantitative estimate of drug-likeness (QED) is 0.694. The number of phenolic OH excluding ortho intramolecular Hbond substituents is 1. The Balaban J connectivity index is 2.11. The number of thiazole rings is 1. The average Bonchev–Trinajstić information content (AvgIpc) is 3.11. The topological polar surface area (TPSA) is 94.7 Å². The molecule has 7 heteroatoms. The second-order valence-electron chi connectivity index (χ2n) is 9.99.